The van der Waals surface area contributed by atoms with Crippen LogP contribution in [0.5, 0.6) is 0 Å². The number of likely N-dealkylation sites (tertiary alicyclic amines) is 1. The summed E-state index contributed by atoms with van der Waals surface area (Å²) in [5, 5.41) is 12.6. The number of amides is 1. The highest BCUT2D eigenvalue weighted by atomic mass is 16.3. The second-order valence-electron chi connectivity index (χ2n) is 4.53. The molecule has 2 aliphatic rings. The molecule has 0 bridgehead atoms. The lowest BCUT2D eigenvalue weighted by molar-refractivity contribution is -0.132. The van der Waals surface area contributed by atoms with E-state index in [1.165, 1.54) is 0 Å². The van der Waals surface area contributed by atoms with Gasteiger partial charge >= 0.3 is 0 Å². The molecule has 0 aliphatic carbocycles. The van der Waals surface area contributed by atoms with Gasteiger partial charge in [-0.3, -0.25) is 4.79 Å². The third-order valence-electron chi connectivity index (χ3n) is 3.12. The van der Waals surface area contributed by atoms with Gasteiger partial charge in [-0.25, -0.2) is 0 Å². The molecule has 2 heterocycles. The summed E-state index contributed by atoms with van der Waals surface area (Å²) in [6.45, 7) is 4.32. The molecule has 2 fully saturated rings. The number of nitrogens with one attached hydrogen (secondary N) is 1. The van der Waals surface area contributed by atoms with Gasteiger partial charge in [-0.05, 0) is 25.3 Å². The summed E-state index contributed by atoms with van der Waals surface area (Å²) in [4.78, 5) is 13.7. The Bertz CT molecular complexity index is 210. The van der Waals surface area contributed by atoms with Gasteiger partial charge in [0.2, 0.25) is 5.91 Å². The monoisotopic (exact) mass is 198 g/mol. The largest absolute Gasteiger partial charge is 0.391 e. The minimum absolute atomic E-state index is 0.00435. The highest BCUT2D eigenvalue weighted by Gasteiger charge is 2.33. The molecule has 4 nitrogen and oxygen atoms in total. The van der Waals surface area contributed by atoms with Crippen molar-refractivity contribution in [2.75, 3.05) is 19.6 Å². The molecular formula is C10H18N2O2. The molecule has 0 aromatic carbocycles. The first-order valence-electron chi connectivity index (χ1n) is 5.37. The summed E-state index contributed by atoms with van der Waals surface area (Å²) in [7, 11) is 0. The Hall–Kier alpha value is -0.610. The first-order chi connectivity index (χ1) is 6.66. The van der Waals surface area contributed by atoms with E-state index < -0.39 is 0 Å². The van der Waals surface area contributed by atoms with E-state index in [-0.39, 0.29) is 18.1 Å². The average molecular weight is 198 g/mol. The van der Waals surface area contributed by atoms with Crippen LogP contribution in [0.2, 0.25) is 0 Å². The summed E-state index contributed by atoms with van der Waals surface area (Å²) < 4.78 is 0. The number of aliphatic hydroxyl groups excluding tert-OH is 1. The molecule has 3 unspecified atom stereocenters. The van der Waals surface area contributed by atoms with Crippen LogP contribution < -0.4 is 5.32 Å². The minimum Gasteiger partial charge on any atom is -0.391 e. The molecule has 2 saturated heterocycles. The number of nitrogens with zero attached hydrogens (tertiary/aromatic N) is 1. The van der Waals surface area contributed by atoms with Crippen molar-refractivity contribution < 1.29 is 9.90 Å². The Kier molecular flexibility index (Phi) is 2.74. The molecule has 2 N–H and O–H groups in total. The van der Waals surface area contributed by atoms with Crippen molar-refractivity contribution in [3.8, 4) is 0 Å². The fourth-order valence-electron chi connectivity index (χ4n) is 2.26. The molecule has 0 aromatic rings. The third-order valence-corrected chi connectivity index (χ3v) is 3.12. The Balaban J connectivity index is 1.89. The van der Waals surface area contributed by atoms with Crippen LogP contribution in [0, 0.1) is 5.92 Å². The summed E-state index contributed by atoms with van der Waals surface area (Å²) in [6, 6.07) is -0.00435. The van der Waals surface area contributed by atoms with Crippen LogP contribution in [0.4, 0.5) is 0 Å². The Morgan fingerprint density at radius 2 is 2.36 bits per heavy atom. The molecule has 0 saturated carbocycles. The number of rotatable bonds is 1. The van der Waals surface area contributed by atoms with E-state index in [4.69, 9.17) is 0 Å². The number of carbonyl (C=O) groups is 1. The van der Waals surface area contributed by atoms with Crippen molar-refractivity contribution >= 4 is 5.91 Å². The number of hydrogen-bond acceptors (Lipinski definition) is 3. The second kappa shape index (κ2) is 3.87. The molecule has 3 atom stereocenters. The first-order valence-corrected chi connectivity index (χ1v) is 5.37. The number of hydrogen-bond donors (Lipinski definition) is 2. The zero-order valence-electron chi connectivity index (χ0n) is 8.57. The predicted octanol–water partition coefficient (Wildman–Crippen LogP) is -0.422. The fourth-order valence-corrected chi connectivity index (χ4v) is 2.26. The van der Waals surface area contributed by atoms with Gasteiger partial charge in [-0.15, -0.1) is 0 Å². The van der Waals surface area contributed by atoms with Crippen molar-refractivity contribution in [2.24, 2.45) is 5.92 Å². The topological polar surface area (TPSA) is 52.6 Å². The lowest BCUT2D eigenvalue weighted by Crippen LogP contribution is -2.42. The molecule has 2 rings (SSSR count). The van der Waals surface area contributed by atoms with Crippen LogP contribution >= 0.6 is 0 Å². The fraction of sp³-hybridized carbons (Fsp3) is 0.900. The molecule has 14 heavy (non-hydrogen) atoms. The van der Waals surface area contributed by atoms with Gasteiger partial charge in [-0.1, -0.05) is 6.92 Å². The van der Waals surface area contributed by atoms with Crippen LogP contribution in [-0.2, 0) is 4.79 Å². The van der Waals surface area contributed by atoms with Crippen LogP contribution in [0.3, 0.4) is 0 Å². The van der Waals surface area contributed by atoms with E-state index in [9.17, 15) is 9.90 Å². The average Bonchev–Trinajstić information content (AvgIpc) is 2.73. The van der Waals surface area contributed by atoms with Gasteiger partial charge in [0.1, 0.15) is 0 Å². The highest BCUT2D eigenvalue weighted by Crippen LogP contribution is 2.17. The van der Waals surface area contributed by atoms with E-state index in [0.717, 1.165) is 19.4 Å². The summed E-state index contributed by atoms with van der Waals surface area (Å²) in [6.07, 6.45) is 1.36. The first kappa shape index (κ1) is 9.93. The van der Waals surface area contributed by atoms with Crippen molar-refractivity contribution in [3.05, 3.63) is 0 Å². The molecule has 0 aromatic heterocycles. The van der Waals surface area contributed by atoms with Crippen molar-refractivity contribution in [1.29, 1.82) is 0 Å². The van der Waals surface area contributed by atoms with Gasteiger partial charge in [0.25, 0.3) is 0 Å². The summed E-state index contributed by atoms with van der Waals surface area (Å²) in [5.74, 6) is 0.766. The van der Waals surface area contributed by atoms with Gasteiger partial charge in [0.15, 0.2) is 0 Å². The molecule has 2 aliphatic heterocycles. The standard InChI is InChI=1S/C10H18N2O2/c1-7-4-9(11-5-7)10(14)12-3-2-8(13)6-12/h7-9,11,13H,2-6H2,1H3. The zero-order chi connectivity index (χ0) is 10.1. The maximum absolute atomic E-state index is 11.9. The molecule has 0 radical (unpaired) electrons. The van der Waals surface area contributed by atoms with Gasteiger partial charge < -0.3 is 15.3 Å². The molecule has 80 valence electrons. The highest BCUT2D eigenvalue weighted by molar-refractivity contribution is 5.82. The van der Waals surface area contributed by atoms with Crippen molar-refractivity contribution in [1.82, 2.24) is 10.2 Å². The van der Waals surface area contributed by atoms with E-state index >= 15 is 0 Å². The van der Waals surface area contributed by atoms with Crippen LogP contribution in [-0.4, -0.2) is 47.7 Å². The molecule has 4 heteroatoms. The number of carbonyl (C=O) groups excluding carboxylic acids is 1. The van der Waals surface area contributed by atoms with Gasteiger partial charge in [0, 0.05) is 13.1 Å². The van der Waals surface area contributed by atoms with Crippen LogP contribution in [0.1, 0.15) is 19.8 Å². The van der Waals surface area contributed by atoms with Gasteiger partial charge in [-0.2, -0.15) is 0 Å². The normalized spacial score (nSPS) is 37.9. The van der Waals surface area contributed by atoms with E-state index in [2.05, 4.69) is 12.2 Å². The number of aliphatic hydroxyl groups is 1. The SMILES string of the molecule is CC1CNC(C(=O)N2CCC(O)C2)C1. The molecular weight excluding hydrogens is 180 g/mol. The smallest absolute Gasteiger partial charge is 0.239 e. The minimum atomic E-state index is -0.308. The maximum Gasteiger partial charge on any atom is 0.239 e. The lowest BCUT2D eigenvalue weighted by atomic mass is 10.1. The Morgan fingerprint density at radius 3 is 2.86 bits per heavy atom. The summed E-state index contributed by atoms with van der Waals surface area (Å²) >= 11 is 0. The molecule has 1 amide bonds. The third kappa shape index (κ3) is 1.91. The zero-order valence-corrected chi connectivity index (χ0v) is 8.57. The lowest BCUT2D eigenvalue weighted by Gasteiger charge is -2.19. The number of β-amino-alcohol motifs (C(OH)–C–C–N with tert-alkyl or cyclic N) is 1. The van der Waals surface area contributed by atoms with E-state index in [1.54, 1.807) is 4.90 Å². The summed E-state index contributed by atoms with van der Waals surface area (Å²) in [5.41, 5.74) is 0. The molecule has 0 spiro atoms. The quantitative estimate of drug-likeness (QED) is 0.601. The van der Waals surface area contributed by atoms with E-state index in [0.29, 0.717) is 19.0 Å². The second-order valence-corrected chi connectivity index (χ2v) is 4.53. The maximum atomic E-state index is 11.9. The predicted molar refractivity (Wildman–Crippen MR) is 52.8 cm³/mol. The Morgan fingerprint density at radius 1 is 1.57 bits per heavy atom. The van der Waals surface area contributed by atoms with Gasteiger partial charge in [0.05, 0.1) is 12.1 Å². The van der Waals surface area contributed by atoms with Crippen LogP contribution in [0.15, 0.2) is 0 Å². The van der Waals surface area contributed by atoms with E-state index in [1.807, 2.05) is 0 Å². The van der Waals surface area contributed by atoms with Crippen molar-refractivity contribution in [2.45, 2.75) is 31.9 Å². The Labute approximate surface area is 84.3 Å². The van der Waals surface area contributed by atoms with Crippen molar-refractivity contribution in [3.63, 3.8) is 0 Å². The van der Waals surface area contributed by atoms with Crippen LogP contribution in [0.25, 0.3) is 0 Å².